The lowest BCUT2D eigenvalue weighted by molar-refractivity contribution is 0.477. The van der Waals surface area contributed by atoms with Gasteiger partial charge < -0.3 is 9.64 Å². The molecular weight excluding hydrogens is 590 g/mol. The van der Waals surface area contributed by atoms with Gasteiger partial charge in [-0.1, -0.05) is 78.9 Å². The molecule has 6 nitrogen and oxygen atoms in total. The van der Waals surface area contributed by atoms with E-state index in [-0.39, 0.29) is 0 Å². The first-order chi connectivity index (χ1) is 23.8. The molecule has 6 aromatic carbocycles. The molecule has 0 atom stereocenters. The van der Waals surface area contributed by atoms with Crippen LogP contribution in [0, 0.1) is 0 Å². The van der Waals surface area contributed by atoms with E-state index in [2.05, 4.69) is 104 Å². The normalized spacial score (nSPS) is 12.3. The number of ether oxygens (including phenoxy) is 1. The van der Waals surface area contributed by atoms with E-state index in [1.807, 2.05) is 60.9 Å². The second-order valence-corrected chi connectivity index (χ2v) is 11.9. The highest BCUT2D eigenvalue weighted by Crippen LogP contribution is 2.54. The number of nitrogens with zero attached hydrogens (tertiary/aromatic N) is 5. The maximum Gasteiger partial charge on any atom is 0.151 e. The first kappa shape index (κ1) is 26.5. The lowest BCUT2D eigenvalue weighted by Crippen LogP contribution is -2.16. The SMILES string of the molecule is c1ccc2c(c1)Oc1ccccc1N2c1ccc2c3c(cccc13)-c1nccnc1-2.c1ccc2c(c1)cnc1ccc3cccnc3c12. The second kappa shape index (κ2) is 10.4. The second-order valence-electron chi connectivity index (χ2n) is 11.9. The van der Waals surface area contributed by atoms with E-state index in [1.54, 1.807) is 12.4 Å². The van der Waals surface area contributed by atoms with Gasteiger partial charge in [0.05, 0.1) is 39.5 Å². The fraction of sp³-hybridized carbons (Fsp3) is 0. The van der Waals surface area contributed by atoms with Gasteiger partial charge in [-0.25, -0.2) is 0 Å². The Morgan fingerprint density at radius 2 is 1.12 bits per heavy atom. The van der Waals surface area contributed by atoms with Gasteiger partial charge in [0.25, 0.3) is 0 Å². The summed E-state index contributed by atoms with van der Waals surface area (Å²) in [4.78, 5) is 20.6. The van der Waals surface area contributed by atoms with Crippen molar-refractivity contribution in [1.82, 2.24) is 19.9 Å². The molecule has 0 fully saturated rings. The van der Waals surface area contributed by atoms with Crippen LogP contribution in [-0.4, -0.2) is 19.9 Å². The van der Waals surface area contributed by atoms with E-state index in [1.165, 1.54) is 16.2 Å². The number of anilines is 3. The molecule has 0 radical (unpaired) electrons. The fourth-order valence-electron chi connectivity index (χ4n) is 7.16. The number of rotatable bonds is 1. The Morgan fingerprint density at radius 1 is 0.438 bits per heavy atom. The molecule has 0 saturated heterocycles. The predicted molar refractivity (Wildman–Crippen MR) is 193 cm³/mol. The Labute approximate surface area is 275 Å². The molecule has 224 valence electrons. The molecule has 0 saturated carbocycles. The van der Waals surface area contributed by atoms with E-state index in [0.717, 1.165) is 78.3 Å². The number of hydrogen-bond donors (Lipinski definition) is 0. The Hall–Kier alpha value is -6.66. The molecular formula is C42H25N5O. The summed E-state index contributed by atoms with van der Waals surface area (Å²) in [6.45, 7) is 0. The van der Waals surface area contributed by atoms with Crippen molar-refractivity contribution in [3.63, 3.8) is 0 Å². The number of fused-ring (bicyclic) bond motifs is 10. The molecule has 0 unspecified atom stereocenters. The zero-order chi connectivity index (χ0) is 31.6. The first-order valence-electron chi connectivity index (χ1n) is 15.9. The minimum absolute atomic E-state index is 0.853. The number of pyridine rings is 2. The van der Waals surface area contributed by atoms with Crippen molar-refractivity contribution in [2.24, 2.45) is 0 Å². The predicted octanol–water partition coefficient (Wildman–Crippen LogP) is 10.8. The van der Waals surface area contributed by atoms with E-state index in [0.29, 0.717) is 0 Å². The van der Waals surface area contributed by atoms with Crippen molar-refractivity contribution in [2.75, 3.05) is 4.90 Å². The maximum atomic E-state index is 6.19. The molecule has 11 rings (SSSR count). The van der Waals surface area contributed by atoms with E-state index in [9.17, 15) is 0 Å². The molecule has 6 heteroatoms. The van der Waals surface area contributed by atoms with Gasteiger partial charge in [-0.3, -0.25) is 19.9 Å². The minimum atomic E-state index is 0.853. The largest absolute Gasteiger partial charge is 0.453 e. The average molecular weight is 616 g/mol. The van der Waals surface area contributed by atoms with E-state index < -0.39 is 0 Å². The third-order valence-electron chi connectivity index (χ3n) is 9.22. The molecule has 9 aromatic rings. The van der Waals surface area contributed by atoms with Crippen LogP contribution in [0.5, 0.6) is 11.5 Å². The molecule has 0 amide bonds. The summed E-state index contributed by atoms with van der Waals surface area (Å²) >= 11 is 0. The van der Waals surface area contributed by atoms with Crippen LogP contribution >= 0.6 is 0 Å². The summed E-state index contributed by atoms with van der Waals surface area (Å²) in [5, 5.41) is 7.05. The lowest BCUT2D eigenvalue weighted by Gasteiger charge is -2.33. The van der Waals surface area contributed by atoms with Gasteiger partial charge in [-0.15, -0.1) is 0 Å². The summed E-state index contributed by atoms with van der Waals surface area (Å²) in [6, 6.07) is 43.6. The average Bonchev–Trinajstić information content (AvgIpc) is 3.49. The highest BCUT2D eigenvalue weighted by Gasteiger charge is 2.30. The van der Waals surface area contributed by atoms with Crippen molar-refractivity contribution in [3.8, 4) is 34.0 Å². The van der Waals surface area contributed by atoms with E-state index >= 15 is 0 Å². The third kappa shape index (κ3) is 3.93. The number of para-hydroxylation sites is 4. The van der Waals surface area contributed by atoms with Gasteiger partial charge >= 0.3 is 0 Å². The van der Waals surface area contributed by atoms with Gasteiger partial charge in [-0.2, -0.15) is 0 Å². The zero-order valence-corrected chi connectivity index (χ0v) is 25.6. The Kier molecular flexibility index (Phi) is 5.77. The highest BCUT2D eigenvalue weighted by molar-refractivity contribution is 6.18. The minimum Gasteiger partial charge on any atom is -0.453 e. The van der Waals surface area contributed by atoms with Crippen molar-refractivity contribution < 1.29 is 4.74 Å². The van der Waals surface area contributed by atoms with Crippen molar-refractivity contribution >= 4 is 60.4 Å². The van der Waals surface area contributed by atoms with Crippen LogP contribution in [-0.2, 0) is 0 Å². The summed E-state index contributed by atoms with van der Waals surface area (Å²) in [6.07, 6.45) is 7.29. The van der Waals surface area contributed by atoms with E-state index in [4.69, 9.17) is 4.74 Å². The standard InChI is InChI=1S/C26H15N3O.C16H10N2/c1-3-10-22-20(8-1)29(21-9-2-4-11-23(21)30-22)19-13-12-18-24-16(19)6-5-7-17(24)25-26(18)28-15-14-27-25;1-2-6-13-12(4-1)10-18-14-8-7-11-5-3-9-17-16(11)15(13)14/h1-15H;1-10H. The van der Waals surface area contributed by atoms with Crippen molar-refractivity contribution in [3.05, 3.63) is 152 Å². The number of aromatic nitrogens is 4. The summed E-state index contributed by atoms with van der Waals surface area (Å²) in [5.41, 5.74) is 9.40. The van der Waals surface area contributed by atoms with Crippen LogP contribution < -0.4 is 9.64 Å². The maximum absolute atomic E-state index is 6.19. The lowest BCUT2D eigenvalue weighted by atomic mass is 10.0. The van der Waals surface area contributed by atoms with Crippen LogP contribution in [0.25, 0.3) is 65.9 Å². The molecule has 1 aliphatic carbocycles. The molecule has 4 heterocycles. The quantitative estimate of drug-likeness (QED) is 0.171. The van der Waals surface area contributed by atoms with Gasteiger partial charge in [0.1, 0.15) is 0 Å². The smallest absolute Gasteiger partial charge is 0.151 e. The number of benzene rings is 6. The summed E-state index contributed by atoms with van der Waals surface area (Å²) < 4.78 is 6.19. The van der Waals surface area contributed by atoms with Gasteiger partial charge in [0.15, 0.2) is 11.5 Å². The van der Waals surface area contributed by atoms with Crippen LogP contribution in [0.15, 0.2) is 152 Å². The third-order valence-corrected chi connectivity index (χ3v) is 9.22. The molecule has 1 aliphatic heterocycles. The van der Waals surface area contributed by atoms with Crippen LogP contribution in [0.2, 0.25) is 0 Å². The molecule has 0 bridgehead atoms. The molecule has 0 N–H and O–H groups in total. The molecule has 0 spiro atoms. The van der Waals surface area contributed by atoms with Gasteiger partial charge in [0, 0.05) is 62.8 Å². The zero-order valence-electron chi connectivity index (χ0n) is 25.6. The molecule has 3 aromatic heterocycles. The van der Waals surface area contributed by atoms with Crippen molar-refractivity contribution in [2.45, 2.75) is 0 Å². The Balaban J connectivity index is 0.000000140. The van der Waals surface area contributed by atoms with Gasteiger partial charge in [-0.05, 0) is 53.9 Å². The Bertz CT molecular complexity index is 2600. The monoisotopic (exact) mass is 615 g/mol. The number of hydrogen-bond acceptors (Lipinski definition) is 6. The molecule has 2 aliphatic rings. The molecule has 48 heavy (non-hydrogen) atoms. The summed E-state index contributed by atoms with van der Waals surface area (Å²) in [7, 11) is 0. The van der Waals surface area contributed by atoms with Crippen LogP contribution in [0.1, 0.15) is 0 Å². The first-order valence-corrected chi connectivity index (χ1v) is 15.9. The van der Waals surface area contributed by atoms with Crippen molar-refractivity contribution in [1.29, 1.82) is 0 Å². The van der Waals surface area contributed by atoms with Gasteiger partial charge in [0.2, 0.25) is 0 Å². The fourth-order valence-corrected chi connectivity index (χ4v) is 7.16. The topological polar surface area (TPSA) is 64.0 Å². The van der Waals surface area contributed by atoms with Crippen LogP contribution in [0.3, 0.4) is 0 Å². The Morgan fingerprint density at radius 3 is 1.94 bits per heavy atom. The van der Waals surface area contributed by atoms with Crippen LogP contribution in [0.4, 0.5) is 17.1 Å². The summed E-state index contributed by atoms with van der Waals surface area (Å²) in [5.74, 6) is 1.71. The highest BCUT2D eigenvalue weighted by atomic mass is 16.5.